The average Bonchev–Trinajstić information content (AvgIpc) is 3.28. The molecule has 2 heterocycles. The van der Waals surface area contributed by atoms with Gasteiger partial charge in [-0.1, -0.05) is 37.3 Å². The molecule has 7 heteroatoms. The number of anilines is 1. The molecule has 1 saturated heterocycles. The van der Waals surface area contributed by atoms with Gasteiger partial charge in [0.2, 0.25) is 11.8 Å². The van der Waals surface area contributed by atoms with E-state index in [9.17, 15) is 4.79 Å². The van der Waals surface area contributed by atoms with Crippen molar-refractivity contribution < 1.29 is 9.53 Å². The van der Waals surface area contributed by atoms with Crippen molar-refractivity contribution in [1.82, 2.24) is 14.9 Å². The molecule has 1 amide bonds. The van der Waals surface area contributed by atoms with Crippen LogP contribution in [0, 0.1) is 12.8 Å². The molecule has 31 heavy (non-hydrogen) atoms. The summed E-state index contributed by atoms with van der Waals surface area (Å²) < 4.78 is 5.91. The Morgan fingerprint density at radius 2 is 2.00 bits per heavy atom. The Balaban J connectivity index is 1.34. The molecule has 1 aliphatic carbocycles. The number of nitrogens with zero attached hydrogens (tertiary/aromatic N) is 4. The Bertz CT molecular complexity index is 916. The molecule has 166 valence electrons. The molecule has 4 rings (SSSR count). The second-order valence-electron chi connectivity index (χ2n) is 8.80. The summed E-state index contributed by atoms with van der Waals surface area (Å²) >= 11 is 6.09. The van der Waals surface area contributed by atoms with Gasteiger partial charge in [-0.25, -0.2) is 9.97 Å². The summed E-state index contributed by atoms with van der Waals surface area (Å²) in [5.74, 6) is 3.06. The summed E-state index contributed by atoms with van der Waals surface area (Å²) in [4.78, 5) is 25.7. The second kappa shape index (κ2) is 9.86. The second-order valence-corrected chi connectivity index (χ2v) is 9.21. The van der Waals surface area contributed by atoms with Crippen molar-refractivity contribution in [1.29, 1.82) is 0 Å². The first-order valence-corrected chi connectivity index (χ1v) is 11.7. The monoisotopic (exact) mass is 442 g/mol. The first-order chi connectivity index (χ1) is 15.0. The van der Waals surface area contributed by atoms with Gasteiger partial charge in [0.1, 0.15) is 17.9 Å². The Kier molecular flexibility index (Phi) is 6.96. The Morgan fingerprint density at radius 1 is 1.19 bits per heavy atom. The fraction of sp³-hybridized carbons (Fsp3) is 0.542. The molecule has 2 fully saturated rings. The highest BCUT2D eigenvalue weighted by Crippen LogP contribution is 2.30. The third kappa shape index (κ3) is 5.48. The van der Waals surface area contributed by atoms with E-state index in [1.165, 1.54) is 32.0 Å². The number of halogens is 1. The molecule has 6 nitrogen and oxygen atoms in total. The van der Waals surface area contributed by atoms with Gasteiger partial charge in [0.25, 0.3) is 0 Å². The maximum atomic E-state index is 12.8. The standard InChI is InChI=1S/C24H31ClN4O2/c1-17-13-20(8-9-21(17)25)31-23-14-22(26-16-27-23)28-11-12-29(18(2)15-28)24(30)10-7-19-5-3-4-6-19/h8-9,13-14,16,18-19H,3-7,10-12,15H2,1-2H3/t18-/m1/s1. The molecule has 1 atom stereocenters. The summed E-state index contributed by atoms with van der Waals surface area (Å²) in [7, 11) is 0. The van der Waals surface area contributed by atoms with Gasteiger partial charge in [-0.3, -0.25) is 4.79 Å². The van der Waals surface area contributed by atoms with Crippen LogP contribution in [0.4, 0.5) is 5.82 Å². The minimum atomic E-state index is 0.156. The van der Waals surface area contributed by atoms with E-state index in [-0.39, 0.29) is 6.04 Å². The number of hydrogen-bond donors (Lipinski definition) is 0. The van der Waals surface area contributed by atoms with Gasteiger partial charge in [0.15, 0.2) is 0 Å². The molecule has 1 aliphatic heterocycles. The first-order valence-electron chi connectivity index (χ1n) is 11.3. The van der Waals surface area contributed by atoms with Crippen LogP contribution in [0.2, 0.25) is 5.02 Å². The zero-order valence-corrected chi connectivity index (χ0v) is 19.1. The minimum Gasteiger partial charge on any atom is -0.439 e. The number of aryl methyl sites for hydroxylation is 1. The predicted octanol–water partition coefficient (Wildman–Crippen LogP) is 5.24. The first kappa shape index (κ1) is 21.9. The predicted molar refractivity (Wildman–Crippen MR) is 123 cm³/mol. The Hall–Kier alpha value is -2.34. The SMILES string of the molecule is Cc1cc(Oc2cc(N3CCN(C(=O)CCC4CCCC4)[C@H](C)C3)ncn2)ccc1Cl. The van der Waals surface area contributed by atoms with Crippen molar-refractivity contribution in [3.63, 3.8) is 0 Å². The van der Waals surface area contributed by atoms with E-state index in [2.05, 4.69) is 21.8 Å². The lowest BCUT2D eigenvalue weighted by Gasteiger charge is -2.40. The number of aromatic nitrogens is 2. The van der Waals surface area contributed by atoms with Crippen LogP contribution in [0.5, 0.6) is 11.6 Å². The summed E-state index contributed by atoms with van der Waals surface area (Å²) in [5, 5.41) is 0.709. The average molecular weight is 443 g/mol. The van der Waals surface area contributed by atoms with Gasteiger partial charge in [0, 0.05) is 43.2 Å². The van der Waals surface area contributed by atoms with Crippen molar-refractivity contribution in [2.75, 3.05) is 24.5 Å². The number of amides is 1. The molecule has 0 bridgehead atoms. The number of carbonyl (C=O) groups excluding carboxylic acids is 1. The number of ether oxygens (including phenoxy) is 1. The molecule has 0 spiro atoms. The van der Waals surface area contributed by atoms with Crippen molar-refractivity contribution >= 4 is 23.3 Å². The maximum Gasteiger partial charge on any atom is 0.224 e. The highest BCUT2D eigenvalue weighted by atomic mass is 35.5. The van der Waals surface area contributed by atoms with Gasteiger partial charge < -0.3 is 14.5 Å². The smallest absolute Gasteiger partial charge is 0.224 e. The summed E-state index contributed by atoms with van der Waals surface area (Å²) in [5.41, 5.74) is 0.955. The number of carbonyl (C=O) groups is 1. The molecule has 1 aromatic heterocycles. The Morgan fingerprint density at radius 3 is 2.74 bits per heavy atom. The lowest BCUT2D eigenvalue weighted by atomic mass is 10.0. The van der Waals surface area contributed by atoms with Crippen LogP contribution < -0.4 is 9.64 Å². The largest absolute Gasteiger partial charge is 0.439 e. The van der Waals surface area contributed by atoms with E-state index in [1.807, 2.05) is 36.1 Å². The summed E-state index contributed by atoms with van der Waals surface area (Å²) in [6, 6.07) is 7.55. The van der Waals surface area contributed by atoms with E-state index in [0.29, 0.717) is 29.0 Å². The molecular formula is C24H31ClN4O2. The quantitative estimate of drug-likeness (QED) is 0.612. The maximum absolute atomic E-state index is 12.8. The zero-order valence-electron chi connectivity index (χ0n) is 18.4. The highest BCUT2D eigenvalue weighted by molar-refractivity contribution is 6.31. The van der Waals surface area contributed by atoms with Crippen LogP contribution in [0.15, 0.2) is 30.6 Å². The molecule has 0 unspecified atom stereocenters. The highest BCUT2D eigenvalue weighted by Gasteiger charge is 2.28. The van der Waals surface area contributed by atoms with Gasteiger partial charge in [0.05, 0.1) is 0 Å². The molecule has 0 N–H and O–H groups in total. The Labute approximate surface area is 189 Å². The van der Waals surface area contributed by atoms with Crippen LogP contribution in [-0.2, 0) is 4.79 Å². The van der Waals surface area contributed by atoms with Gasteiger partial charge in [-0.2, -0.15) is 0 Å². The normalized spacial score (nSPS) is 19.6. The van der Waals surface area contributed by atoms with E-state index in [0.717, 1.165) is 43.4 Å². The fourth-order valence-corrected chi connectivity index (χ4v) is 4.78. The third-order valence-corrected chi connectivity index (χ3v) is 6.92. The summed E-state index contributed by atoms with van der Waals surface area (Å²) in [6.07, 6.45) is 8.50. The van der Waals surface area contributed by atoms with Crippen LogP contribution in [-0.4, -0.2) is 46.5 Å². The number of rotatable bonds is 6. The molecule has 0 radical (unpaired) electrons. The summed E-state index contributed by atoms with van der Waals surface area (Å²) in [6.45, 7) is 6.30. The molecule has 1 saturated carbocycles. The van der Waals surface area contributed by atoms with Crippen LogP contribution in [0.25, 0.3) is 0 Å². The molecule has 1 aromatic carbocycles. The van der Waals surface area contributed by atoms with Gasteiger partial charge in [-0.15, -0.1) is 0 Å². The van der Waals surface area contributed by atoms with E-state index in [4.69, 9.17) is 16.3 Å². The number of piperazine rings is 1. The molecule has 2 aliphatic rings. The van der Waals surface area contributed by atoms with Gasteiger partial charge in [-0.05, 0) is 49.9 Å². The minimum absolute atomic E-state index is 0.156. The van der Waals surface area contributed by atoms with Crippen molar-refractivity contribution in [2.24, 2.45) is 5.92 Å². The van der Waals surface area contributed by atoms with Crippen molar-refractivity contribution in [2.45, 2.75) is 58.4 Å². The lowest BCUT2D eigenvalue weighted by Crippen LogP contribution is -2.54. The fourth-order valence-electron chi connectivity index (χ4n) is 4.67. The topological polar surface area (TPSA) is 58.6 Å². The van der Waals surface area contributed by atoms with Gasteiger partial charge >= 0.3 is 0 Å². The van der Waals surface area contributed by atoms with Crippen molar-refractivity contribution in [3.8, 4) is 11.6 Å². The van der Waals surface area contributed by atoms with E-state index in [1.54, 1.807) is 0 Å². The van der Waals surface area contributed by atoms with Crippen LogP contribution >= 0.6 is 11.6 Å². The van der Waals surface area contributed by atoms with Crippen LogP contribution in [0.3, 0.4) is 0 Å². The third-order valence-electron chi connectivity index (χ3n) is 6.49. The molecule has 2 aromatic rings. The van der Waals surface area contributed by atoms with Crippen LogP contribution in [0.1, 0.15) is 51.0 Å². The van der Waals surface area contributed by atoms with E-state index >= 15 is 0 Å². The number of benzene rings is 1. The zero-order chi connectivity index (χ0) is 21.8. The molecular weight excluding hydrogens is 412 g/mol. The van der Waals surface area contributed by atoms with Crippen molar-refractivity contribution in [3.05, 3.63) is 41.2 Å². The number of hydrogen-bond acceptors (Lipinski definition) is 5. The lowest BCUT2D eigenvalue weighted by molar-refractivity contribution is -0.133. The van der Waals surface area contributed by atoms with E-state index < -0.39 is 0 Å².